The van der Waals surface area contributed by atoms with E-state index in [1.54, 1.807) is 11.8 Å². The van der Waals surface area contributed by atoms with Crippen LogP contribution in [0.3, 0.4) is 0 Å². The summed E-state index contributed by atoms with van der Waals surface area (Å²) >= 11 is 6.92. The lowest BCUT2D eigenvalue weighted by molar-refractivity contribution is 0.577. The van der Waals surface area contributed by atoms with E-state index in [0.29, 0.717) is 4.99 Å². The number of thiocarbonyl (C=S) groups is 1. The number of hydrogen-bond donors (Lipinski definition) is 1. The summed E-state index contributed by atoms with van der Waals surface area (Å²) in [5.74, 6) is 0. The Hall–Kier alpha value is -0.740. The lowest BCUT2D eigenvalue weighted by Gasteiger charge is -2.31. The molecule has 0 unspecified atom stereocenters. The first kappa shape index (κ1) is 12.7. The molecule has 0 radical (unpaired) electrons. The van der Waals surface area contributed by atoms with Crippen molar-refractivity contribution >= 4 is 34.7 Å². The Bertz CT molecular complexity index is 412. The van der Waals surface area contributed by atoms with E-state index in [1.807, 2.05) is 0 Å². The lowest BCUT2D eigenvalue weighted by Crippen LogP contribution is -2.31. The molecule has 1 fully saturated rings. The smallest absolute Gasteiger partial charge is 0.107 e. The molecule has 1 aliphatic rings. The summed E-state index contributed by atoms with van der Waals surface area (Å²) in [5.41, 5.74) is 8.15. The van der Waals surface area contributed by atoms with E-state index in [9.17, 15) is 0 Å². The van der Waals surface area contributed by atoms with E-state index in [4.69, 9.17) is 18.0 Å². The van der Waals surface area contributed by atoms with Crippen LogP contribution >= 0.6 is 24.0 Å². The van der Waals surface area contributed by atoms with Gasteiger partial charge in [0.2, 0.25) is 0 Å². The second kappa shape index (κ2) is 5.74. The molecule has 1 aromatic carbocycles. The van der Waals surface area contributed by atoms with Gasteiger partial charge in [0.05, 0.1) is 0 Å². The Balaban J connectivity index is 2.40. The Labute approximate surface area is 113 Å². The Kier molecular flexibility index (Phi) is 4.29. The molecule has 92 valence electrons. The molecule has 0 aromatic heterocycles. The SMILES string of the molecule is CSc1cccc(N2CCCCC2)c1C(N)=S. The number of hydrogen-bond acceptors (Lipinski definition) is 3. The highest BCUT2D eigenvalue weighted by Gasteiger charge is 2.17. The standard InChI is InChI=1S/C13H18N2S2/c1-17-11-7-5-6-10(12(11)13(14)16)15-8-3-2-4-9-15/h5-7H,2-4,8-9H2,1H3,(H2,14,16). The summed E-state index contributed by atoms with van der Waals surface area (Å²) in [6.07, 6.45) is 5.93. The van der Waals surface area contributed by atoms with Gasteiger partial charge in [-0.25, -0.2) is 0 Å². The first-order chi connectivity index (χ1) is 8.24. The van der Waals surface area contributed by atoms with E-state index in [0.717, 1.165) is 18.7 Å². The number of piperidine rings is 1. The minimum atomic E-state index is 0.510. The Morgan fingerprint density at radius 3 is 2.59 bits per heavy atom. The minimum absolute atomic E-state index is 0.510. The van der Waals surface area contributed by atoms with Crippen LogP contribution in [0, 0.1) is 0 Å². The van der Waals surface area contributed by atoms with E-state index in [1.165, 1.54) is 29.8 Å². The van der Waals surface area contributed by atoms with Crippen molar-refractivity contribution in [2.24, 2.45) is 5.73 Å². The van der Waals surface area contributed by atoms with Crippen molar-refractivity contribution in [3.05, 3.63) is 23.8 Å². The maximum atomic E-state index is 5.89. The maximum absolute atomic E-state index is 5.89. The summed E-state index contributed by atoms with van der Waals surface area (Å²) < 4.78 is 0. The molecule has 0 amide bonds. The quantitative estimate of drug-likeness (QED) is 0.672. The van der Waals surface area contributed by atoms with Crippen LogP contribution in [0.4, 0.5) is 5.69 Å². The summed E-state index contributed by atoms with van der Waals surface area (Å²) in [7, 11) is 0. The van der Waals surface area contributed by atoms with Crippen LogP contribution < -0.4 is 10.6 Å². The number of rotatable bonds is 3. The average Bonchev–Trinajstić information content (AvgIpc) is 2.38. The fourth-order valence-electron chi connectivity index (χ4n) is 2.34. The van der Waals surface area contributed by atoms with Gasteiger partial charge in [-0.15, -0.1) is 11.8 Å². The van der Waals surface area contributed by atoms with Crippen LogP contribution in [-0.2, 0) is 0 Å². The fraction of sp³-hybridized carbons (Fsp3) is 0.462. The molecule has 2 nitrogen and oxygen atoms in total. The normalized spacial score (nSPS) is 15.9. The van der Waals surface area contributed by atoms with Crippen molar-refractivity contribution < 1.29 is 0 Å². The molecule has 2 N–H and O–H groups in total. The second-order valence-electron chi connectivity index (χ2n) is 4.27. The predicted molar refractivity (Wildman–Crippen MR) is 80.2 cm³/mol. The number of thioether (sulfide) groups is 1. The molecule has 0 bridgehead atoms. The maximum Gasteiger partial charge on any atom is 0.107 e. The van der Waals surface area contributed by atoms with Crippen molar-refractivity contribution in [1.29, 1.82) is 0 Å². The number of benzene rings is 1. The third-order valence-corrected chi connectivity index (χ3v) is 4.15. The summed E-state index contributed by atoms with van der Waals surface area (Å²) in [5, 5.41) is 0. The van der Waals surface area contributed by atoms with Gasteiger partial charge in [0, 0.05) is 29.2 Å². The van der Waals surface area contributed by atoms with Crippen LogP contribution in [0.15, 0.2) is 23.1 Å². The van der Waals surface area contributed by atoms with Gasteiger partial charge in [-0.05, 0) is 37.7 Å². The predicted octanol–water partition coefficient (Wildman–Crippen LogP) is 3.03. The highest BCUT2D eigenvalue weighted by Crippen LogP contribution is 2.31. The van der Waals surface area contributed by atoms with Crippen LogP contribution in [0.25, 0.3) is 0 Å². The number of nitrogens with zero attached hydrogens (tertiary/aromatic N) is 1. The lowest BCUT2D eigenvalue weighted by atomic mass is 10.1. The van der Waals surface area contributed by atoms with Gasteiger partial charge in [0.15, 0.2) is 0 Å². The molecular formula is C13H18N2S2. The molecule has 1 aliphatic heterocycles. The molecule has 0 aliphatic carbocycles. The Morgan fingerprint density at radius 1 is 1.29 bits per heavy atom. The zero-order chi connectivity index (χ0) is 12.3. The summed E-state index contributed by atoms with van der Waals surface area (Å²) in [6.45, 7) is 2.24. The van der Waals surface area contributed by atoms with Gasteiger partial charge in [-0.2, -0.15) is 0 Å². The molecule has 1 saturated heterocycles. The van der Waals surface area contributed by atoms with Gasteiger partial charge < -0.3 is 10.6 Å². The van der Waals surface area contributed by atoms with E-state index < -0.39 is 0 Å². The van der Waals surface area contributed by atoms with Crippen molar-refractivity contribution in [2.45, 2.75) is 24.2 Å². The molecule has 2 rings (SSSR count). The van der Waals surface area contributed by atoms with Crippen molar-refractivity contribution in [2.75, 3.05) is 24.2 Å². The van der Waals surface area contributed by atoms with Gasteiger partial charge in [0.1, 0.15) is 4.99 Å². The van der Waals surface area contributed by atoms with Gasteiger partial charge >= 0.3 is 0 Å². The molecule has 1 aromatic rings. The molecule has 0 saturated carbocycles. The molecule has 1 heterocycles. The van der Waals surface area contributed by atoms with Crippen molar-refractivity contribution in [3.8, 4) is 0 Å². The van der Waals surface area contributed by atoms with Gasteiger partial charge in [0.25, 0.3) is 0 Å². The fourth-order valence-corrected chi connectivity index (χ4v) is 3.25. The summed E-state index contributed by atoms with van der Waals surface area (Å²) in [4.78, 5) is 4.11. The van der Waals surface area contributed by atoms with E-state index in [2.05, 4.69) is 29.4 Å². The zero-order valence-electron chi connectivity index (χ0n) is 10.1. The topological polar surface area (TPSA) is 29.3 Å². The van der Waals surface area contributed by atoms with Crippen LogP contribution in [0.5, 0.6) is 0 Å². The number of anilines is 1. The number of nitrogens with two attached hydrogens (primary N) is 1. The highest BCUT2D eigenvalue weighted by molar-refractivity contribution is 7.98. The van der Waals surface area contributed by atoms with E-state index >= 15 is 0 Å². The summed E-state index contributed by atoms with van der Waals surface area (Å²) in [6, 6.07) is 6.32. The van der Waals surface area contributed by atoms with Gasteiger partial charge in [-0.3, -0.25) is 0 Å². The molecule has 17 heavy (non-hydrogen) atoms. The first-order valence-corrected chi connectivity index (χ1v) is 7.59. The largest absolute Gasteiger partial charge is 0.389 e. The first-order valence-electron chi connectivity index (χ1n) is 5.96. The average molecular weight is 266 g/mol. The van der Waals surface area contributed by atoms with Crippen molar-refractivity contribution in [3.63, 3.8) is 0 Å². The molecule has 4 heteroatoms. The molecule has 0 atom stereocenters. The van der Waals surface area contributed by atoms with Crippen molar-refractivity contribution in [1.82, 2.24) is 0 Å². The van der Waals surface area contributed by atoms with Crippen LogP contribution in [0.2, 0.25) is 0 Å². The van der Waals surface area contributed by atoms with Crippen LogP contribution in [0.1, 0.15) is 24.8 Å². The second-order valence-corrected chi connectivity index (χ2v) is 5.55. The Morgan fingerprint density at radius 2 is 2.00 bits per heavy atom. The van der Waals surface area contributed by atoms with Crippen LogP contribution in [-0.4, -0.2) is 24.3 Å². The zero-order valence-corrected chi connectivity index (χ0v) is 11.7. The molecular weight excluding hydrogens is 248 g/mol. The third-order valence-electron chi connectivity index (χ3n) is 3.17. The minimum Gasteiger partial charge on any atom is -0.389 e. The monoisotopic (exact) mass is 266 g/mol. The van der Waals surface area contributed by atoms with E-state index in [-0.39, 0.29) is 0 Å². The van der Waals surface area contributed by atoms with Gasteiger partial charge in [-0.1, -0.05) is 18.3 Å². The third kappa shape index (κ3) is 2.75. The molecule has 0 spiro atoms. The highest BCUT2D eigenvalue weighted by atomic mass is 32.2.